The van der Waals surface area contributed by atoms with Crippen molar-refractivity contribution >= 4 is 23.3 Å². The van der Waals surface area contributed by atoms with Crippen LogP contribution in [0.25, 0.3) is 11.3 Å². The molecule has 2 atom stereocenters. The summed E-state index contributed by atoms with van der Waals surface area (Å²) >= 11 is 5.72. The van der Waals surface area contributed by atoms with E-state index in [2.05, 4.69) is 20.2 Å². The Labute approximate surface area is 202 Å². The number of nitrogens with zero attached hydrogens (tertiary/aromatic N) is 3. The lowest BCUT2D eigenvalue weighted by molar-refractivity contribution is 0.0600. The highest BCUT2D eigenvalue weighted by atomic mass is 32.1. The van der Waals surface area contributed by atoms with Gasteiger partial charge in [-0.1, -0.05) is 24.3 Å². The van der Waals surface area contributed by atoms with E-state index >= 15 is 0 Å². The number of aromatic nitrogens is 2. The summed E-state index contributed by atoms with van der Waals surface area (Å²) in [5, 5.41) is 4.04. The highest BCUT2D eigenvalue weighted by molar-refractivity contribution is 7.80. The molecule has 0 bridgehead atoms. The smallest absolute Gasteiger partial charge is 0.337 e. The maximum absolute atomic E-state index is 11.7. The first-order chi connectivity index (χ1) is 16.6. The Hall–Kier alpha value is -4.04. The van der Waals surface area contributed by atoms with Crippen molar-refractivity contribution in [1.29, 1.82) is 0 Å². The molecule has 0 saturated carbocycles. The van der Waals surface area contributed by atoms with E-state index in [1.165, 1.54) is 7.11 Å². The number of carbonyl (C=O) groups excluding carboxylic acids is 1. The molecule has 34 heavy (non-hydrogen) atoms. The lowest BCUT2D eigenvalue weighted by Crippen LogP contribution is -2.29. The molecule has 1 N–H and O–H groups in total. The number of esters is 1. The molecule has 8 heteroatoms. The molecule has 4 heterocycles. The lowest BCUT2D eigenvalue weighted by Gasteiger charge is -2.25. The summed E-state index contributed by atoms with van der Waals surface area (Å²) < 4.78 is 11.1. The number of nitrogens with one attached hydrogen (secondary N) is 1. The molecule has 0 radical (unpaired) electrons. The summed E-state index contributed by atoms with van der Waals surface area (Å²) in [4.78, 5) is 22.9. The fourth-order valence-corrected chi connectivity index (χ4v) is 4.41. The summed E-state index contributed by atoms with van der Waals surface area (Å²) in [7, 11) is 1.36. The predicted octanol–water partition coefficient (Wildman–Crippen LogP) is 4.70. The minimum Gasteiger partial charge on any atom is -0.465 e. The normalized spacial score (nSPS) is 17.4. The zero-order chi connectivity index (χ0) is 23.5. The Bertz CT molecular complexity index is 1290. The number of ether oxygens (including phenoxy) is 1. The van der Waals surface area contributed by atoms with Gasteiger partial charge in [-0.2, -0.15) is 0 Å². The number of methoxy groups -OCH3 is 1. The maximum Gasteiger partial charge on any atom is 0.337 e. The van der Waals surface area contributed by atoms with Crippen LogP contribution in [0.15, 0.2) is 89.6 Å². The van der Waals surface area contributed by atoms with E-state index in [4.69, 9.17) is 21.4 Å². The van der Waals surface area contributed by atoms with E-state index in [1.807, 2.05) is 60.7 Å². The molecule has 0 unspecified atom stereocenters. The number of rotatable bonds is 6. The topological polar surface area (TPSA) is 80.5 Å². The largest absolute Gasteiger partial charge is 0.465 e. The SMILES string of the molecule is COC(=O)c1ccc(-c2ccc([C@@H]3[C@@H](c4ccccn4)NC(=S)N3Cc3ccccn3)o2)cc1. The van der Waals surface area contributed by atoms with Gasteiger partial charge in [-0.05, 0) is 60.7 Å². The number of hydrogen-bond donors (Lipinski definition) is 1. The number of thiocarbonyl (C=S) groups is 1. The van der Waals surface area contributed by atoms with Crippen LogP contribution in [-0.4, -0.2) is 33.1 Å². The minimum absolute atomic E-state index is 0.182. The van der Waals surface area contributed by atoms with Crippen LogP contribution in [0.4, 0.5) is 0 Å². The Morgan fingerprint density at radius 3 is 2.47 bits per heavy atom. The van der Waals surface area contributed by atoms with Crippen molar-refractivity contribution < 1.29 is 13.9 Å². The average Bonchev–Trinajstić information content (AvgIpc) is 3.50. The van der Waals surface area contributed by atoms with Gasteiger partial charge in [0, 0.05) is 18.0 Å². The highest BCUT2D eigenvalue weighted by Crippen LogP contribution is 2.41. The summed E-state index contributed by atoms with van der Waals surface area (Å²) in [5.74, 6) is 1.08. The van der Waals surface area contributed by atoms with Crippen LogP contribution in [0.3, 0.4) is 0 Å². The number of pyridine rings is 2. The molecule has 1 saturated heterocycles. The number of carbonyl (C=O) groups is 1. The molecular formula is C26H22N4O3S. The molecule has 5 rings (SSSR count). The summed E-state index contributed by atoms with van der Waals surface area (Å²) in [6.45, 7) is 0.532. The third-order valence-corrected chi connectivity index (χ3v) is 6.12. The number of benzene rings is 1. The molecule has 1 aliphatic rings. The van der Waals surface area contributed by atoms with Crippen molar-refractivity contribution in [3.05, 3.63) is 108 Å². The van der Waals surface area contributed by atoms with Crippen LogP contribution >= 0.6 is 12.2 Å². The molecule has 0 spiro atoms. The Kier molecular flexibility index (Phi) is 6.05. The van der Waals surface area contributed by atoms with Crippen molar-refractivity contribution in [2.24, 2.45) is 0 Å². The van der Waals surface area contributed by atoms with E-state index in [0.717, 1.165) is 22.7 Å². The van der Waals surface area contributed by atoms with Gasteiger partial charge in [-0.3, -0.25) is 9.97 Å². The predicted molar refractivity (Wildman–Crippen MR) is 131 cm³/mol. The second kappa shape index (κ2) is 9.44. The molecule has 1 aliphatic heterocycles. The van der Waals surface area contributed by atoms with Crippen molar-refractivity contribution in [2.75, 3.05) is 7.11 Å². The summed E-state index contributed by atoms with van der Waals surface area (Å²) in [5.41, 5.74) is 3.13. The molecule has 3 aromatic heterocycles. The standard InChI is InChI=1S/C26H22N4O3S/c1-32-25(31)18-10-8-17(9-11-18)21-12-13-22(33-21)24-23(20-7-3-5-15-28-20)29-26(34)30(24)16-19-6-2-4-14-27-19/h2-15,23-24H,16H2,1H3,(H,29,34)/t23-,24-/m1/s1. The second-order valence-corrected chi connectivity index (χ2v) is 8.23. The van der Waals surface area contributed by atoms with Gasteiger partial charge in [-0.15, -0.1) is 0 Å². The van der Waals surface area contributed by atoms with Crippen LogP contribution in [0, 0.1) is 0 Å². The zero-order valence-electron chi connectivity index (χ0n) is 18.4. The van der Waals surface area contributed by atoms with Gasteiger partial charge in [0.2, 0.25) is 0 Å². The first-order valence-corrected chi connectivity index (χ1v) is 11.2. The number of hydrogen-bond acceptors (Lipinski definition) is 6. The summed E-state index contributed by atoms with van der Waals surface area (Å²) in [6, 6.07) is 22.3. The van der Waals surface area contributed by atoms with Crippen molar-refractivity contribution in [1.82, 2.24) is 20.2 Å². The third kappa shape index (κ3) is 4.27. The summed E-state index contributed by atoms with van der Waals surface area (Å²) in [6.07, 6.45) is 3.55. The fourth-order valence-electron chi connectivity index (χ4n) is 4.11. The Morgan fingerprint density at radius 2 is 1.79 bits per heavy atom. The fraction of sp³-hybridized carbons (Fsp3) is 0.154. The third-order valence-electron chi connectivity index (χ3n) is 5.77. The van der Waals surface area contributed by atoms with Gasteiger partial charge < -0.3 is 19.4 Å². The van der Waals surface area contributed by atoms with Gasteiger partial charge in [0.05, 0.1) is 36.6 Å². The molecule has 0 amide bonds. The van der Waals surface area contributed by atoms with Gasteiger partial charge in [-0.25, -0.2) is 4.79 Å². The zero-order valence-corrected chi connectivity index (χ0v) is 19.2. The lowest BCUT2D eigenvalue weighted by atomic mass is 10.0. The van der Waals surface area contributed by atoms with Gasteiger partial charge >= 0.3 is 5.97 Å². The Morgan fingerprint density at radius 1 is 1.03 bits per heavy atom. The van der Waals surface area contributed by atoms with Crippen LogP contribution in [0.2, 0.25) is 0 Å². The average molecular weight is 471 g/mol. The molecule has 7 nitrogen and oxygen atoms in total. The quantitative estimate of drug-likeness (QED) is 0.321. The van der Waals surface area contributed by atoms with Crippen molar-refractivity contribution in [2.45, 2.75) is 18.6 Å². The molecular weight excluding hydrogens is 448 g/mol. The van der Waals surface area contributed by atoms with Crippen LogP contribution in [0.5, 0.6) is 0 Å². The molecule has 0 aliphatic carbocycles. The molecule has 1 fully saturated rings. The van der Waals surface area contributed by atoms with Gasteiger partial charge in [0.1, 0.15) is 17.6 Å². The van der Waals surface area contributed by atoms with Crippen molar-refractivity contribution in [3.8, 4) is 11.3 Å². The Balaban J connectivity index is 1.49. The van der Waals surface area contributed by atoms with E-state index < -0.39 is 0 Å². The molecule has 1 aromatic carbocycles. The minimum atomic E-state index is -0.374. The van der Waals surface area contributed by atoms with E-state index in [9.17, 15) is 4.79 Å². The van der Waals surface area contributed by atoms with E-state index in [0.29, 0.717) is 23.0 Å². The van der Waals surface area contributed by atoms with E-state index in [1.54, 1.807) is 24.5 Å². The van der Waals surface area contributed by atoms with Crippen molar-refractivity contribution in [3.63, 3.8) is 0 Å². The second-order valence-electron chi connectivity index (χ2n) is 7.85. The monoisotopic (exact) mass is 470 g/mol. The highest BCUT2D eigenvalue weighted by Gasteiger charge is 2.41. The van der Waals surface area contributed by atoms with Crippen LogP contribution in [0.1, 0.15) is 39.6 Å². The van der Waals surface area contributed by atoms with Gasteiger partial charge in [0.15, 0.2) is 5.11 Å². The molecule has 4 aromatic rings. The number of furan rings is 1. The molecule has 170 valence electrons. The van der Waals surface area contributed by atoms with Crippen LogP contribution in [-0.2, 0) is 11.3 Å². The van der Waals surface area contributed by atoms with E-state index in [-0.39, 0.29) is 18.1 Å². The van der Waals surface area contributed by atoms with Crippen LogP contribution < -0.4 is 5.32 Å². The maximum atomic E-state index is 11.7. The first-order valence-electron chi connectivity index (χ1n) is 10.8. The van der Waals surface area contributed by atoms with Gasteiger partial charge in [0.25, 0.3) is 0 Å². The first kappa shape index (κ1) is 21.8.